The summed E-state index contributed by atoms with van der Waals surface area (Å²) in [4.78, 5) is 13.8. The minimum absolute atomic E-state index is 0. The van der Waals surface area contributed by atoms with E-state index >= 15 is 4.39 Å². The van der Waals surface area contributed by atoms with Gasteiger partial charge in [-0.25, -0.2) is 9.18 Å². The van der Waals surface area contributed by atoms with E-state index in [9.17, 15) is 14.3 Å². The van der Waals surface area contributed by atoms with Crippen LogP contribution in [-0.4, -0.2) is 48.4 Å². The second-order valence-corrected chi connectivity index (χ2v) is 10.8. The molecule has 1 N–H and O–H groups in total. The van der Waals surface area contributed by atoms with Crippen molar-refractivity contribution in [3.05, 3.63) is 98.3 Å². The van der Waals surface area contributed by atoms with E-state index in [1.807, 2.05) is 6.07 Å². The number of hydrogen-bond acceptors (Lipinski definition) is 3. The number of aromatic carboxylic acids is 1. The van der Waals surface area contributed by atoms with Crippen molar-refractivity contribution in [2.45, 2.75) is 38.2 Å². The molecule has 0 aromatic heterocycles. The van der Waals surface area contributed by atoms with Gasteiger partial charge in [0.1, 0.15) is 6.10 Å². The maximum Gasteiger partial charge on any atom is 0.335 e. The summed E-state index contributed by atoms with van der Waals surface area (Å²) in [5, 5.41) is 10.5. The SMILES string of the molecule is Cl.O=C(O)c1ccc2c(c1)CCCC(c1ccc(Cl)cc1Cl)=C2c1cccc(O[C@@H]2CCN(CCCF)C2)c1F. The Morgan fingerprint density at radius 2 is 1.85 bits per heavy atom. The first-order valence-corrected chi connectivity index (χ1v) is 13.9. The van der Waals surface area contributed by atoms with Gasteiger partial charge in [0, 0.05) is 35.2 Å². The first-order chi connectivity index (χ1) is 18.9. The normalized spacial score (nSPS) is 17.2. The molecule has 40 heavy (non-hydrogen) atoms. The predicted molar refractivity (Wildman–Crippen MR) is 158 cm³/mol. The van der Waals surface area contributed by atoms with Crippen LogP contribution in [0.2, 0.25) is 10.0 Å². The number of rotatable bonds is 8. The number of aryl methyl sites for hydroxylation is 1. The molecule has 1 atom stereocenters. The molecule has 212 valence electrons. The van der Waals surface area contributed by atoms with Gasteiger partial charge in [-0.3, -0.25) is 9.29 Å². The number of alkyl halides is 1. The number of halogens is 5. The van der Waals surface area contributed by atoms with E-state index < -0.39 is 11.8 Å². The minimum atomic E-state index is -1.01. The molecule has 1 saturated heterocycles. The highest BCUT2D eigenvalue weighted by atomic mass is 35.5. The molecule has 4 nitrogen and oxygen atoms in total. The molecule has 9 heteroatoms. The zero-order valence-electron chi connectivity index (χ0n) is 21.8. The molecule has 1 fully saturated rings. The summed E-state index contributed by atoms with van der Waals surface area (Å²) in [6.45, 7) is 1.71. The number of carboxylic acids is 1. The van der Waals surface area contributed by atoms with Gasteiger partial charge in [0.15, 0.2) is 11.6 Å². The molecule has 1 aliphatic heterocycles. The number of carboxylic acid groups (broad SMARTS) is 1. The average Bonchev–Trinajstić information content (AvgIpc) is 3.27. The largest absolute Gasteiger partial charge is 0.486 e. The Kier molecular flexibility index (Phi) is 10.1. The molecule has 0 spiro atoms. The van der Waals surface area contributed by atoms with Crippen molar-refractivity contribution in [3.63, 3.8) is 0 Å². The number of carbonyl (C=O) groups is 1. The topological polar surface area (TPSA) is 49.8 Å². The van der Waals surface area contributed by atoms with Crippen LogP contribution in [0.5, 0.6) is 5.75 Å². The standard InChI is InChI=1S/C31H29Cl2F2NO3.ClH/c32-21-9-11-24(27(33)17-21)25-5-1-4-19-16-20(31(37)38)8-10-23(19)29(25)26-6-2-7-28(30(26)35)39-22-12-15-36(18-22)14-3-13-34;/h2,6-11,16-17,22H,1,3-5,12-15,18H2,(H,37,38);1H/t22-;/m1./s1. The van der Waals surface area contributed by atoms with E-state index in [1.165, 1.54) is 0 Å². The highest BCUT2D eigenvalue weighted by Crippen LogP contribution is 2.44. The van der Waals surface area contributed by atoms with Crippen molar-refractivity contribution in [1.29, 1.82) is 0 Å². The van der Waals surface area contributed by atoms with Crippen molar-refractivity contribution in [3.8, 4) is 5.75 Å². The second kappa shape index (κ2) is 13.3. The van der Waals surface area contributed by atoms with Crippen LogP contribution in [0, 0.1) is 5.82 Å². The van der Waals surface area contributed by atoms with Gasteiger partial charge in [0.2, 0.25) is 0 Å². The van der Waals surface area contributed by atoms with Crippen molar-refractivity contribution in [2.75, 3.05) is 26.3 Å². The molecule has 1 heterocycles. The monoisotopic (exact) mass is 607 g/mol. The van der Waals surface area contributed by atoms with E-state index in [4.69, 9.17) is 27.9 Å². The van der Waals surface area contributed by atoms with Crippen molar-refractivity contribution >= 4 is 52.7 Å². The number of fused-ring (bicyclic) bond motifs is 1. The summed E-state index contributed by atoms with van der Waals surface area (Å²) >= 11 is 12.8. The summed E-state index contributed by atoms with van der Waals surface area (Å²) in [5.41, 5.74) is 4.47. The van der Waals surface area contributed by atoms with Crippen molar-refractivity contribution in [1.82, 2.24) is 4.90 Å². The van der Waals surface area contributed by atoms with Gasteiger partial charge in [0.05, 0.1) is 12.2 Å². The van der Waals surface area contributed by atoms with Gasteiger partial charge in [-0.1, -0.05) is 47.5 Å². The molecule has 0 saturated carbocycles. The quantitative estimate of drug-likeness (QED) is 0.279. The first-order valence-electron chi connectivity index (χ1n) is 13.1. The lowest BCUT2D eigenvalue weighted by atomic mass is 9.87. The Morgan fingerprint density at radius 3 is 2.60 bits per heavy atom. The van der Waals surface area contributed by atoms with Gasteiger partial charge < -0.3 is 9.84 Å². The van der Waals surface area contributed by atoms with Crippen LogP contribution in [0.15, 0.2) is 54.6 Å². The van der Waals surface area contributed by atoms with Gasteiger partial charge in [-0.15, -0.1) is 12.4 Å². The molecular formula is C31H30Cl3F2NO3. The average molecular weight is 609 g/mol. The van der Waals surface area contributed by atoms with Gasteiger partial charge >= 0.3 is 5.97 Å². The molecule has 0 amide bonds. The third kappa shape index (κ3) is 6.46. The Labute approximate surface area is 249 Å². The van der Waals surface area contributed by atoms with Crippen LogP contribution in [0.1, 0.15) is 58.3 Å². The highest BCUT2D eigenvalue weighted by molar-refractivity contribution is 6.36. The van der Waals surface area contributed by atoms with E-state index in [0.717, 1.165) is 41.6 Å². The van der Waals surface area contributed by atoms with Crippen LogP contribution in [0.3, 0.4) is 0 Å². The second-order valence-electron chi connectivity index (χ2n) is 10.00. The molecule has 2 aliphatic rings. The van der Waals surface area contributed by atoms with Crippen LogP contribution < -0.4 is 4.74 Å². The number of benzene rings is 3. The lowest BCUT2D eigenvalue weighted by Gasteiger charge is -2.21. The van der Waals surface area contributed by atoms with Crippen LogP contribution in [0.25, 0.3) is 11.1 Å². The van der Waals surface area contributed by atoms with Crippen LogP contribution in [-0.2, 0) is 6.42 Å². The Hall–Kier alpha value is -2.64. The zero-order valence-corrected chi connectivity index (χ0v) is 24.1. The molecule has 3 aromatic carbocycles. The fourth-order valence-electron chi connectivity index (χ4n) is 5.59. The van der Waals surface area contributed by atoms with Gasteiger partial charge in [0.25, 0.3) is 0 Å². The molecule has 5 rings (SSSR count). The van der Waals surface area contributed by atoms with E-state index in [-0.39, 0.29) is 36.5 Å². The van der Waals surface area contributed by atoms with Crippen molar-refractivity contribution < 1.29 is 23.4 Å². The van der Waals surface area contributed by atoms with Crippen LogP contribution >= 0.6 is 35.6 Å². The maximum atomic E-state index is 16.3. The third-order valence-electron chi connectivity index (χ3n) is 7.42. The zero-order chi connectivity index (χ0) is 27.5. The number of likely N-dealkylation sites (tertiary alicyclic amines) is 1. The highest BCUT2D eigenvalue weighted by Gasteiger charge is 2.28. The lowest BCUT2D eigenvalue weighted by molar-refractivity contribution is 0.0696. The smallest absolute Gasteiger partial charge is 0.335 e. The molecule has 3 aromatic rings. The molecule has 0 unspecified atom stereocenters. The third-order valence-corrected chi connectivity index (χ3v) is 7.96. The van der Waals surface area contributed by atoms with E-state index in [1.54, 1.807) is 48.5 Å². The molecule has 1 aliphatic carbocycles. The van der Waals surface area contributed by atoms with Crippen molar-refractivity contribution in [2.24, 2.45) is 0 Å². The van der Waals surface area contributed by atoms with E-state index in [2.05, 4.69) is 4.90 Å². The summed E-state index contributed by atoms with van der Waals surface area (Å²) in [5.74, 6) is -1.33. The first kappa shape index (κ1) is 30.3. The number of nitrogens with zero attached hydrogens (tertiary/aromatic N) is 1. The summed E-state index contributed by atoms with van der Waals surface area (Å²) < 4.78 is 35.1. The summed E-state index contributed by atoms with van der Waals surface area (Å²) in [7, 11) is 0. The fraction of sp³-hybridized carbons (Fsp3) is 0.323. The van der Waals surface area contributed by atoms with Crippen LogP contribution in [0.4, 0.5) is 8.78 Å². The minimum Gasteiger partial charge on any atom is -0.486 e. The number of hydrogen-bond donors (Lipinski definition) is 1. The fourth-order valence-corrected chi connectivity index (χ4v) is 6.11. The Morgan fingerprint density at radius 1 is 1.05 bits per heavy atom. The lowest BCUT2D eigenvalue weighted by Crippen LogP contribution is -2.26. The van der Waals surface area contributed by atoms with Gasteiger partial charge in [-0.05, 0) is 90.3 Å². The van der Waals surface area contributed by atoms with Gasteiger partial charge in [-0.2, -0.15) is 0 Å². The summed E-state index contributed by atoms with van der Waals surface area (Å²) in [6.07, 6.45) is 3.03. The maximum absolute atomic E-state index is 16.3. The Balaban J connectivity index is 0.00000370. The molecule has 0 radical (unpaired) electrons. The predicted octanol–water partition coefficient (Wildman–Crippen LogP) is 8.36. The van der Waals surface area contributed by atoms with E-state index in [0.29, 0.717) is 53.5 Å². The number of ether oxygens (including phenoxy) is 1. The number of allylic oxidation sites excluding steroid dienone is 1. The Bertz CT molecular complexity index is 1430. The molecular weight excluding hydrogens is 579 g/mol. The molecule has 0 bridgehead atoms. The summed E-state index contributed by atoms with van der Waals surface area (Å²) in [6, 6.07) is 15.4.